The first kappa shape index (κ1) is 18.1. The lowest BCUT2D eigenvalue weighted by molar-refractivity contribution is 0.0886. The van der Waals surface area contributed by atoms with E-state index in [1.165, 1.54) is 24.2 Å². The first-order chi connectivity index (χ1) is 12.3. The maximum absolute atomic E-state index is 12.7. The Hall–Kier alpha value is -1.72. The molecular formula is C20H26N2O2S. The minimum Gasteiger partial charge on any atom is -0.459 e. The molecule has 0 saturated heterocycles. The van der Waals surface area contributed by atoms with Gasteiger partial charge < -0.3 is 15.5 Å². The summed E-state index contributed by atoms with van der Waals surface area (Å²) in [4.78, 5) is 13.9. The summed E-state index contributed by atoms with van der Waals surface area (Å²) in [6.45, 7) is 0.477. The van der Waals surface area contributed by atoms with Crippen molar-refractivity contribution in [1.29, 1.82) is 0 Å². The molecular weight excluding hydrogens is 332 g/mol. The molecule has 0 radical (unpaired) electrons. The van der Waals surface area contributed by atoms with Crippen LogP contribution < -0.4 is 11.1 Å². The summed E-state index contributed by atoms with van der Waals surface area (Å²) >= 11 is 1.70. The fourth-order valence-corrected chi connectivity index (χ4v) is 4.37. The summed E-state index contributed by atoms with van der Waals surface area (Å²) in [5, 5.41) is 3.11. The number of hydrogen-bond donors (Lipinski definition) is 2. The van der Waals surface area contributed by atoms with E-state index >= 15 is 0 Å². The summed E-state index contributed by atoms with van der Waals surface area (Å²) in [7, 11) is 0. The molecule has 1 aromatic heterocycles. The third-order valence-electron chi connectivity index (χ3n) is 4.88. The molecule has 1 saturated carbocycles. The van der Waals surface area contributed by atoms with Gasteiger partial charge in [-0.25, -0.2) is 0 Å². The molecule has 1 amide bonds. The molecule has 5 heteroatoms. The highest BCUT2D eigenvalue weighted by atomic mass is 32.2. The predicted octanol–water partition coefficient (Wildman–Crippen LogP) is 4.21. The van der Waals surface area contributed by atoms with Crippen LogP contribution in [0.2, 0.25) is 0 Å². The molecule has 0 aliphatic heterocycles. The maximum Gasteiger partial charge on any atom is 0.287 e. The Morgan fingerprint density at radius 2 is 1.96 bits per heavy atom. The van der Waals surface area contributed by atoms with Gasteiger partial charge in [-0.05, 0) is 37.0 Å². The lowest BCUT2D eigenvalue weighted by Gasteiger charge is -2.29. The summed E-state index contributed by atoms with van der Waals surface area (Å²) in [6, 6.07) is 12.1. The third-order valence-corrected chi connectivity index (χ3v) is 5.94. The van der Waals surface area contributed by atoms with E-state index in [1.807, 2.05) is 24.3 Å². The first-order valence-corrected chi connectivity index (χ1v) is 10.0. The molecule has 4 nitrogen and oxygen atoms in total. The van der Waals surface area contributed by atoms with Gasteiger partial charge in [0.05, 0.1) is 6.26 Å². The van der Waals surface area contributed by atoms with Crippen LogP contribution in [-0.4, -0.2) is 18.5 Å². The minimum absolute atomic E-state index is 0.0347. The fraction of sp³-hybridized carbons (Fsp3) is 0.450. The Kier molecular flexibility index (Phi) is 6.59. The van der Waals surface area contributed by atoms with Crippen LogP contribution in [0.25, 0.3) is 0 Å². The smallest absolute Gasteiger partial charge is 0.287 e. The van der Waals surface area contributed by atoms with Crippen molar-refractivity contribution in [2.24, 2.45) is 11.7 Å². The van der Waals surface area contributed by atoms with E-state index in [0.29, 0.717) is 24.0 Å². The van der Waals surface area contributed by atoms with E-state index in [-0.39, 0.29) is 11.9 Å². The van der Waals surface area contributed by atoms with Crippen molar-refractivity contribution in [2.45, 2.75) is 48.8 Å². The number of furan rings is 1. The van der Waals surface area contributed by atoms with Gasteiger partial charge in [0.15, 0.2) is 5.76 Å². The zero-order valence-corrected chi connectivity index (χ0v) is 15.3. The van der Waals surface area contributed by atoms with Gasteiger partial charge in [0.1, 0.15) is 0 Å². The normalized spacial score (nSPS) is 16.5. The Morgan fingerprint density at radius 1 is 1.20 bits per heavy atom. The van der Waals surface area contributed by atoms with Crippen LogP contribution in [0.15, 0.2) is 52.0 Å². The highest BCUT2D eigenvalue weighted by molar-refractivity contribution is 7.98. The molecule has 1 aromatic carbocycles. The number of thioether (sulfide) groups is 1. The monoisotopic (exact) mass is 358 g/mol. The molecule has 1 fully saturated rings. The largest absolute Gasteiger partial charge is 0.459 e. The number of nitrogens with one attached hydrogen (secondary N) is 1. The first-order valence-electron chi connectivity index (χ1n) is 9.03. The molecule has 3 rings (SSSR count). The molecule has 3 N–H and O–H groups in total. The Balaban J connectivity index is 1.61. The number of carbonyl (C=O) groups excluding carboxylic acids is 1. The summed E-state index contributed by atoms with van der Waals surface area (Å²) in [5.41, 5.74) is 6.85. The van der Waals surface area contributed by atoms with Crippen LogP contribution in [0.4, 0.5) is 0 Å². The molecule has 1 aliphatic carbocycles. The SMILES string of the molecule is NCC(NC(=O)c1occc1CSc1ccccc1)C1CCCCC1. The number of hydrogen-bond acceptors (Lipinski definition) is 4. The average molecular weight is 359 g/mol. The second-order valence-electron chi connectivity index (χ2n) is 6.59. The quantitative estimate of drug-likeness (QED) is 0.728. The van der Waals surface area contributed by atoms with Crippen LogP contribution >= 0.6 is 11.8 Å². The van der Waals surface area contributed by atoms with Gasteiger partial charge in [-0.2, -0.15) is 0 Å². The molecule has 1 aliphatic rings. The molecule has 1 unspecified atom stereocenters. The summed E-state index contributed by atoms with van der Waals surface area (Å²) < 4.78 is 5.48. The lowest BCUT2D eigenvalue weighted by atomic mass is 9.84. The second-order valence-corrected chi connectivity index (χ2v) is 7.64. The third kappa shape index (κ3) is 4.89. The van der Waals surface area contributed by atoms with E-state index in [9.17, 15) is 4.79 Å². The number of rotatable bonds is 7. The second kappa shape index (κ2) is 9.11. The maximum atomic E-state index is 12.7. The molecule has 0 bridgehead atoms. The van der Waals surface area contributed by atoms with Gasteiger partial charge in [-0.3, -0.25) is 4.79 Å². The van der Waals surface area contributed by atoms with E-state index in [4.69, 9.17) is 10.2 Å². The van der Waals surface area contributed by atoms with Gasteiger partial charge in [0.25, 0.3) is 5.91 Å². The molecule has 1 heterocycles. The zero-order chi connectivity index (χ0) is 17.5. The van der Waals surface area contributed by atoms with Crippen LogP contribution in [0.5, 0.6) is 0 Å². The molecule has 0 spiro atoms. The van der Waals surface area contributed by atoms with E-state index in [2.05, 4.69) is 17.4 Å². The van der Waals surface area contributed by atoms with E-state index in [0.717, 1.165) is 18.4 Å². The van der Waals surface area contributed by atoms with Crippen molar-refractivity contribution in [3.8, 4) is 0 Å². The van der Waals surface area contributed by atoms with Gasteiger partial charge >= 0.3 is 0 Å². The van der Waals surface area contributed by atoms with E-state index < -0.39 is 0 Å². The number of carbonyl (C=O) groups is 1. The molecule has 1 atom stereocenters. The van der Waals surface area contributed by atoms with Crippen LogP contribution in [0.3, 0.4) is 0 Å². The zero-order valence-electron chi connectivity index (χ0n) is 14.4. The number of amides is 1. The Labute approximate surface area is 153 Å². The molecule has 2 aromatic rings. The van der Waals surface area contributed by atoms with Gasteiger partial charge in [-0.15, -0.1) is 11.8 Å². The van der Waals surface area contributed by atoms with Crippen molar-refractivity contribution < 1.29 is 9.21 Å². The van der Waals surface area contributed by atoms with Crippen molar-refractivity contribution in [2.75, 3.05) is 6.54 Å². The van der Waals surface area contributed by atoms with Crippen molar-refractivity contribution in [1.82, 2.24) is 5.32 Å². The van der Waals surface area contributed by atoms with E-state index in [1.54, 1.807) is 18.0 Å². The van der Waals surface area contributed by atoms with Crippen molar-refractivity contribution >= 4 is 17.7 Å². The highest BCUT2D eigenvalue weighted by Gasteiger charge is 2.26. The van der Waals surface area contributed by atoms with Crippen molar-refractivity contribution in [3.05, 3.63) is 54.0 Å². The number of nitrogens with two attached hydrogens (primary N) is 1. The Morgan fingerprint density at radius 3 is 2.68 bits per heavy atom. The van der Waals surface area contributed by atoms with Crippen LogP contribution in [0, 0.1) is 5.92 Å². The highest BCUT2D eigenvalue weighted by Crippen LogP contribution is 2.27. The van der Waals surface area contributed by atoms with Crippen LogP contribution in [-0.2, 0) is 5.75 Å². The fourth-order valence-electron chi connectivity index (χ4n) is 3.47. The molecule has 134 valence electrons. The standard InChI is InChI=1S/C20H26N2O2S/c21-13-18(15-7-3-1-4-8-15)22-20(23)19-16(11-12-24-19)14-25-17-9-5-2-6-10-17/h2,5-6,9-12,15,18H,1,3-4,7-8,13-14,21H2,(H,22,23). The Bertz CT molecular complexity index is 665. The topological polar surface area (TPSA) is 68.3 Å². The van der Waals surface area contributed by atoms with Crippen LogP contribution in [0.1, 0.15) is 48.2 Å². The summed E-state index contributed by atoms with van der Waals surface area (Å²) in [5.74, 6) is 1.46. The number of benzene rings is 1. The predicted molar refractivity (Wildman–Crippen MR) is 102 cm³/mol. The summed E-state index contributed by atoms with van der Waals surface area (Å²) in [6.07, 6.45) is 7.65. The molecule has 25 heavy (non-hydrogen) atoms. The lowest BCUT2D eigenvalue weighted by Crippen LogP contribution is -2.46. The average Bonchev–Trinajstić information content (AvgIpc) is 3.14. The van der Waals surface area contributed by atoms with Gasteiger partial charge in [0, 0.05) is 28.8 Å². The van der Waals surface area contributed by atoms with Crippen molar-refractivity contribution in [3.63, 3.8) is 0 Å². The van der Waals surface area contributed by atoms with Gasteiger partial charge in [-0.1, -0.05) is 37.5 Å². The van der Waals surface area contributed by atoms with Gasteiger partial charge in [0.2, 0.25) is 0 Å². The minimum atomic E-state index is -0.144.